The van der Waals surface area contributed by atoms with E-state index in [0.29, 0.717) is 0 Å². The van der Waals surface area contributed by atoms with Gasteiger partial charge in [-0.3, -0.25) is 4.79 Å². The van der Waals surface area contributed by atoms with E-state index in [9.17, 15) is 4.79 Å². The van der Waals surface area contributed by atoms with Crippen molar-refractivity contribution in [3.8, 4) is 0 Å². The lowest BCUT2D eigenvalue weighted by molar-refractivity contribution is 0.0939. The average molecular weight is 374 g/mol. The highest BCUT2D eigenvalue weighted by Crippen LogP contribution is 2.26. The Bertz CT molecular complexity index is 675. The van der Waals surface area contributed by atoms with Crippen molar-refractivity contribution >= 4 is 47.7 Å². The van der Waals surface area contributed by atoms with Crippen molar-refractivity contribution in [3.63, 3.8) is 0 Å². The van der Waals surface area contributed by atoms with Crippen LogP contribution in [0.25, 0.3) is 0 Å². The Morgan fingerprint density at radius 3 is 2.87 bits per heavy atom. The van der Waals surface area contributed by atoms with E-state index in [1.54, 1.807) is 11.3 Å². The first kappa shape index (κ1) is 19.7. The molecule has 0 saturated carbocycles. The lowest BCUT2D eigenvalue weighted by atomic mass is 9.97. The van der Waals surface area contributed by atoms with E-state index >= 15 is 0 Å². The minimum absolute atomic E-state index is 0. The van der Waals surface area contributed by atoms with Crippen LogP contribution in [0, 0.1) is 6.92 Å². The molecule has 0 spiro atoms. The van der Waals surface area contributed by atoms with Crippen molar-refractivity contribution in [1.29, 1.82) is 0 Å². The van der Waals surface area contributed by atoms with Gasteiger partial charge in [-0.1, -0.05) is 6.07 Å². The van der Waals surface area contributed by atoms with Gasteiger partial charge in [0.05, 0.1) is 6.04 Å². The number of fused-ring (bicyclic) bond motifs is 1. The molecule has 0 bridgehead atoms. The minimum Gasteiger partial charge on any atom is -0.385 e. The lowest BCUT2D eigenvalue weighted by Gasteiger charge is -2.21. The molecule has 1 aliphatic rings. The summed E-state index contributed by atoms with van der Waals surface area (Å²) < 4.78 is 0. The Balaban J connectivity index is 0.00000132. The Labute approximate surface area is 152 Å². The monoisotopic (exact) mass is 373 g/mol. The summed E-state index contributed by atoms with van der Waals surface area (Å²) in [7, 11) is 0. The van der Waals surface area contributed by atoms with Gasteiger partial charge >= 0.3 is 0 Å². The Hall–Kier alpha value is -1.30. The number of carbonyl (C=O) groups is 1. The van der Waals surface area contributed by atoms with Gasteiger partial charge in [0.15, 0.2) is 0 Å². The number of nitrogens with one attached hydrogen (secondary N) is 2. The summed E-state index contributed by atoms with van der Waals surface area (Å²) in [5.41, 5.74) is 3.00. The van der Waals surface area contributed by atoms with Crippen molar-refractivity contribution in [3.05, 3.63) is 45.4 Å². The van der Waals surface area contributed by atoms with Crippen LogP contribution in [-0.4, -0.2) is 17.4 Å². The zero-order chi connectivity index (χ0) is 14.8. The van der Waals surface area contributed by atoms with Gasteiger partial charge < -0.3 is 10.6 Å². The quantitative estimate of drug-likeness (QED) is 0.849. The van der Waals surface area contributed by atoms with Gasteiger partial charge in [0, 0.05) is 28.9 Å². The number of hydrogen-bond acceptors (Lipinski definition) is 4. The normalized spacial score (nSPS) is 13.7. The van der Waals surface area contributed by atoms with Gasteiger partial charge in [0.1, 0.15) is 5.01 Å². The van der Waals surface area contributed by atoms with Crippen LogP contribution in [0.3, 0.4) is 0 Å². The SMILES string of the molecule is Cc1cnc(C(C)NC(=O)c2cccc3c2CCCN3)s1.Cl.Cl. The number of aromatic nitrogens is 1. The number of thiazole rings is 1. The number of benzene rings is 1. The Kier molecular flexibility index (Phi) is 7.32. The predicted octanol–water partition coefficient (Wildman–Crippen LogP) is 4.14. The fraction of sp³-hybridized carbons (Fsp3) is 0.375. The van der Waals surface area contributed by atoms with Gasteiger partial charge in [0.2, 0.25) is 0 Å². The van der Waals surface area contributed by atoms with Crippen LogP contribution in [0.5, 0.6) is 0 Å². The van der Waals surface area contributed by atoms with Gasteiger partial charge in [-0.2, -0.15) is 0 Å². The largest absolute Gasteiger partial charge is 0.385 e. The third-order valence-electron chi connectivity index (χ3n) is 3.70. The molecule has 2 N–H and O–H groups in total. The molecule has 1 unspecified atom stereocenters. The van der Waals surface area contributed by atoms with Crippen LogP contribution >= 0.6 is 36.2 Å². The second kappa shape index (κ2) is 8.52. The topological polar surface area (TPSA) is 54.0 Å². The molecule has 1 aliphatic heterocycles. The number of nitrogens with zero attached hydrogens (tertiary/aromatic N) is 1. The number of hydrogen-bond donors (Lipinski definition) is 2. The summed E-state index contributed by atoms with van der Waals surface area (Å²) in [6.45, 7) is 4.98. The maximum absolute atomic E-state index is 12.5. The fourth-order valence-corrected chi connectivity index (χ4v) is 3.41. The summed E-state index contributed by atoms with van der Waals surface area (Å²) >= 11 is 1.62. The van der Waals surface area contributed by atoms with Crippen LogP contribution in [0.2, 0.25) is 0 Å². The van der Waals surface area contributed by atoms with Crippen LogP contribution in [0.4, 0.5) is 5.69 Å². The minimum atomic E-state index is -0.0661. The highest BCUT2D eigenvalue weighted by Gasteiger charge is 2.19. The van der Waals surface area contributed by atoms with E-state index in [1.165, 1.54) is 0 Å². The summed E-state index contributed by atoms with van der Waals surface area (Å²) in [4.78, 5) is 18.0. The highest BCUT2D eigenvalue weighted by atomic mass is 35.5. The molecule has 3 rings (SSSR count). The van der Waals surface area contributed by atoms with Crippen LogP contribution in [-0.2, 0) is 6.42 Å². The second-order valence-corrected chi connectivity index (χ2v) is 6.63. The molecule has 1 amide bonds. The molecule has 7 heteroatoms. The first-order valence-electron chi connectivity index (χ1n) is 7.24. The van der Waals surface area contributed by atoms with Crippen molar-refractivity contribution in [2.75, 3.05) is 11.9 Å². The van der Waals surface area contributed by atoms with Crippen molar-refractivity contribution in [2.45, 2.75) is 32.7 Å². The fourth-order valence-electron chi connectivity index (χ4n) is 2.63. The standard InChI is InChI=1S/C16H19N3OS.2ClH/c1-10-9-18-16(21-10)11(2)19-15(20)13-5-3-7-14-12(13)6-4-8-17-14;;/h3,5,7,9,11,17H,4,6,8H2,1-2H3,(H,19,20);2*1H. The number of carbonyl (C=O) groups excluding carboxylic acids is 1. The zero-order valence-corrected chi connectivity index (χ0v) is 15.5. The first-order chi connectivity index (χ1) is 10.1. The predicted molar refractivity (Wildman–Crippen MR) is 100 cm³/mol. The zero-order valence-electron chi connectivity index (χ0n) is 13.1. The van der Waals surface area contributed by atoms with Crippen molar-refractivity contribution in [2.24, 2.45) is 0 Å². The maximum Gasteiger partial charge on any atom is 0.252 e. The number of anilines is 1. The van der Waals surface area contributed by atoms with E-state index in [-0.39, 0.29) is 36.8 Å². The molecule has 0 fully saturated rings. The maximum atomic E-state index is 12.5. The van der Waals surface area contributed by atoms with Crippen molar-refractivity contribution < 1.29 is 4.79 Å². The molecule has 1 atom stereocenters. The average Bonchev–Trinajstić information content (AvgIpc) is 2.93. The Morgan fingerprint density at radius 2 is 2.17 bits per heavy atom. The summed E-state index contributed by atoms with van der Waals surface area (Å²) in [6, 6.07) is 5.81. The first-order valence-corrected chi connectivity index (χ1v) is 8.06. The molecule has 1 aromatic carbocycles. The molecule has 1 aromatic heterocycles. The van der Waals surface area contributed by atoms with Crippen LogP contribution in [0.15, 0.2) is 24.4 Å². The van der Waals surface area contributed by atoms with Gasteiger partial charge in [-0.15, -0.1) is 36.2 Å². The van der Waals surface area contributed by atoms with E-state index in [2.05, 4.69) is 15.6 Å². The molecule has 0 radical (unpaired) electrons. The van der Waals surface area contributed by atoms with E-state index in [0.717, 1.165) is 46.1 Å². The smallest absolute Gasteiger partial charge is 0.252 e. The van der Waals surface area contributed by atoms with Crippen LogP contribution < -0.4 is 10.6 Å². The molecule has 23 heavy (non-hydrogen) atoms. The summed E-state index contributed by atoms with van der Waals surface area (Å²) in [5, 5.41) is 7.36. The van der Waals surface area contributed by atoms with E-state index in [4.69, 9.17) is 0 Å². The van der Waals surface area contributed by atoms with Gasteiger partial charge in [0.25, 0.3) is 5.91 Å². The number of rotatable bonds is 3. The lowest BCUT2D eigenvalue weighted by Crippen LogP contribution is -2.28. The summed E-state index contributed by atoms with van der Waals surface area (Å²) in [5.74, 6) is -0.0177. The molecule has 0 saturated heterocycles. The molecule has 2 heterocycles. The summed E-state index contributed by atoms with van der Waals surface area (Å²) in [6.07, 6.45) is 3.87. The van der Waals surface area contributed by atoms with Crippen molar-refractivity contribution in [1.82, 2.24) is 10.3 Å². The molecule has 4 nitrogen and oxygen atoms in total. The number of halogens is 2. The Morgan fingerprint density at radius 1 is 1.39 bits per heavy atom. The van der Waals surface area contributed by atoms with Gasteiger partial charge in [-0.25, -0.2) is 4.98 Å². The molecule has 0 aliphatic carbocycles. The van der Waals surface area contributed by atoms with E-state index in [1.807, 2.05) is 38.2 Å². The molecular formula is C16H21Cl2N3OS. The third-order valence-corrected chi connectivity index (χ3v) is 4.79. The second-order valence-electron chi connectivity index (χ2n) is 5.37. The highest BCUT2D eigenvalue weighted by molar-refractivity contribution is 7.11. The number of amides is 1. The number of aryl methyl sites for hydroxylation is 1. The molecule has 126 valence electrons. The third kappa shape index (κ3) is 4.37. The van der Waals surface area contributed by atoms with Gasteiger partial charge in [-0.05, 0) is 44.4 Å². The van der Waals surface area contributed by atoms with E-state index < -0.39 is 0 Å². The molecular weight excluding hydrogens is 353 g/mol. The molecule has 2 aromatic rings. The van der Waals surface area contributed by atoms with Crippen LogP contribution in [0.1, 0.15) is 45.2 Å².